The maximum Gasteiger partial charge on any atom is 0.0108 e. The van der Waals surface area contributed by atoms with E-state index in [1.54, 1.807) is 0 Å². The van der Waals surface area contributed by atoms with Gasteiger partial charge in [0.15, 0.2) is 0 Å². The van der Waals surface area contributed by atoms with Crippen LogP contribution in [0.15, 0.2) is 0 Å². The summed E-state index contributed by atoms with van der Waals surface area (Å²) in [6, 6.07) is 0.777. The highest BCUT2D eigenvalue weighted by atomic mass is 15.2. The molecule has 5 atom stereocenters. The molecular formula is C17H34N2. The fourth-order valence-corrected chi connectivity index (χ4v) is 4.19. The van der Waals surface area contributed by atoms with E-state index in [0.29, 0.717) is 0 Å². The highest BCUT2D eigenvalue weighted by Gasteiger charge is 2.33. The zero-order valence-electron chi connectivity index (χ0n) is 13.5. The van der Waals surface area contributed by atoms with Crippen molar-refractivity contribution in [2.24, 2.45) is 23.7 Å². The SMILES string of the molecule is CCNC1CCC(CC)CC1CN1CC(C)C(C)C1. The lowest BCUT2D eigenvalue weighted by Gasteiger charge is -2.38. The molecule has 2 aliphatic rings. The first-order valence-corrected chi connectivity index (χ1v) is 8.59. The van der Waals surface area contributed by atoms with Gasteiger partial charge in [-0.2, -0.15) is 0 Å². The molecule has 2 heteroatoms. The predicted molar refractivity (Wildman–Crippen MR) is 83.4 cm³/mol. The average Bonchev–Trinajstić information content (AvgIpc) is 2.70. The Balaban J connectivity index is 1.90. The summed E-state index contributed by atoms with van der Waals surface area (Å²) in [5, 5.41) is 3.75. The summed E-state index contributed by atoms with van der Waals surface area (Å²) in [6.45, 7) is 14.6. The van der Waals surface area contributed by atoms with Crippen LogP contribution in [0.2, 0.25) is 0 Å². The molecule has 1 saturated carbocycles. The number of likely N-dealkylation sites (tertiary alicyclic amines) is 1. The molecule has 1 heterocycles. The smallest absolute Gasteiger partial charge is 0.0108 e. The number of nitrogens with one attached hydrogen (secondary N) is 1. The third kappa shape index (κ3) is 3.95. The fraction of sp³-hybridized carbons (Fsp3) is 1.00. The highest BCUT2D eigenvalue weighted by Crippen LogP contribution is 2.33. The van der Waals surface area contributed by atoms with Crippen LogP contribution in [0.5, 0.6) is 0 Å². The van der Waals surface area contributed by atoms with Crippen molar-refractivity contribution in [1.29, 1.82) is 0 Å². The molecule has 1 saturated heterocycles. The van der Waals surface area contributed by atoms with Crippen LogP contribution >= 0.6 is 0 Å². The fourth-order valence-electron chi connectivity index (χ4n) is 4.19. The Morgan fingerprint density at radius 3 is 2.32 bits per heavy atom. The van der Waals surface area contributed by atoms with Crippen LogP contribution in [0.25, 0.3) is 0 Å². The lowest BCUT2D eigenvalue weighted by atomic mass is 9.76. The molecule has 0 spiro atoms. The molecule has 0 radical (unpaired) electrons. The number of hydrogen-bond acceptors (Lipinski definition) is 2. The molecule has 1 N–H and O–H groups in total. The van der Waals surface area contributed by atoms with Crippen LogP contribution in [0.3, 0.4) is 0 Å². The largest absolute Gasteiger partial charge is 0.314 e. The van der Waals surface area contributed by atoms with E-state index in [2.05, 4.69) is 37.9 Å². The number of hydrogen-bond donors (Lipinski definition) is 1. The standard InChI is InChI=1S/C17H34N2/c1-5-15-7-8-17(18-6-2)16(9-15)12-19-10-13(3)14(4)11-19/h13-18H,5-12H2,1-4H3. The van der Waals surface area contributed by atoms with Crippen molar-refractivity contribution < 1.29 is 0 Å². The van der Waals surface area contributed by atoms with Gasteiger partial charge in [0.05, 0.1) is 0 Å². The second-order valence-corrected chi connectivity index (χ2v) is 7.18. The topological polar surface area (TPSA) is 15.3 Å². The second kappa shape index (κ2) is 7.08. The summed E-state index contributed by atoms with van der Waals surface area (Å²) in [5.41, 5.74) is 0. The van der Waals surface area contributed by atoms with E-state index in [0.717, 1.165) is 36.3 Å². The number of nitrogens with zero attached hydrogens (tertiary/aromatic N) is 1. The monoisotopic (exact) mass is 266 g/mol. The molecule has 0 bridgehead atoms. The molecule has 0 aromatic heterocycles. The Bertz CT molecular complexity index is 256. The molecule has 2 fully saturated rings. The Morgan fingerprint density at radius 2 is 1.74 bits per heavy atom. The van der Waals surface area contributed by atoms with Crippen molar-refractivity contribution in [3.63, 3.8) is 0 Å². The summed E-state index contributed by atoms with van der Waals surface area (Å²) >= 11 is 0. The van der Waals surface area contributed by atoms with Gasteiger partial charge in [0.25, 0.3) is 0 Å². The van der Waals surface area contributed by atoms with E-state index in [9.17, 15) is 0 Å². The van der Waals surface area contributed by atoms with Crippen molar-refractivity contribution in [2.75, 3.05) is 26.2 Å². The van der Waals surface area contributed by atoms with E-state index in [4.69, 9.17) is 0 Å². The molecule has 0 amide bonds. The van der Waals surface area contributed by atoms with E-state index in [1.165, 1.54) is 45.3 Å². The first-order chi connectivity index (χ1) is 9.13. The van der Waals surface area contributed by atoms with Gasteiger partial charge in [-0.05, 0) is 49.5 Å². The molecule has 2 rings (SSSR count). The van der Waals surface area contributed by atoms with E-state index < -0.39 is 0 Å². The molecular weight excluding hydrogens is 232 g/mol. The molecule has 0 aromatic rings. The third-order valence-corrected chi connectivity index (χ3v) is 5.69. The summed E-state index contributed by atoms with van der Waals surface area (Å²) < 4.78 is 0. The van der Waals surface area contributed by atoms with E-state index >= 15 is 0 Å². The van der Waals surface area contributed by atoms with Crippen LogP contribution in [-0.4, -0.2) is 37.1 Å². The van der Waals surface area contributed by atoms with Gasteiger partial charge in [-0.3, -0.25) is 0 Å². The van der Waals surface area contributed by atoms with Crippen LogP contribution in [-0.2, 0) is 0 Å². The van der Waals surface area contributed by atoms with Gasteiger partial charge in [0, 0.05) is 25.7 Å². The minimum atomic E-state index is 0.777. The molecule has 0 aromatic carbocycles. The van der Waals surface area contributed by atoms with Crippen LogP contribution in [0.1, 0.15) is 53.4 Å². The summed E-state index contributed by atoms with van der Waals surface area (Å²) in [7, 11) is 0. The average molecular weight is 266 g/mol. The minimum absolute atomic E-state index is 0.777. The maximum atomic E-state index is 3.75. The quantitative estimate of drug-likeness (QED) is 0.820. The highest BCUT2D eigenvalue weighted by molar-refractivity contribution is 4.88. The van der Waals surface area contributed by atoms with Gasteiger partial charge >= 0.3 is 0 Å². The predicted octanol–water partition coefficient (Wildman–Crippen LogP) is 3.38. The second-order valence-electron chi connectivity index (χ2n) is 7.18. The summed E-state index contributed by atoms with van der Waals surface area (Å²) in [4.78, 5) is 2.74. The molecule has 19 heavy (non-hydrogen) atoms. The van der Waals surface area contributed by atoms with Crippen molar-refractivity contribution in [3.8, 4) is 0 Å². The van der Waals surface area contributed by atoms with E-state index in [1.807, 2.05) is 0 Å². The molecule has 112 valence electrons. The van der Waals surface area contributed by atoms with Crippen molar-refractivity contribution >= 4 is 0 Å². The van der Waals surface area contributed by atoms with Gasteiger partial charge in [-0.25, -0.2) is 0 Å². The minimum Gasteiger partial charge on any atom is -0.314 e. The number of rotatable bonds is 5. The van der Waals surface area contributed by atoms with Gasteiger partial charge in [0.2, 0.25) is 0 Å². The molecule has 5 unspecified atom stereocenters. The van der Waals surface area contributed by atoms with Crippen LogP contribution in [0, 0.1) is 23.7 Å². The van der Waals surface area contributed by atoms with Gasteiger partial charge in [0.1, 0.15) is 0 Å². The van der Waals surface area contributed by atoms with Crippen LogP contribution < -0.4 is 5.32 Å². The zero-order chi connectivity index (χ0) is 13.8. The van der Waals surface area contributed by atoms with Crippen LogP contribution in [0.4, 0.5) is 0 Å². The summed E-state index contributed by atoms with van der Waals surface area (Å²) in [6.07, 6.45) is 5.67. The lowest BCUT2D eigenvalue weighted by Crippen LogP contribution is -2.45. The van der Waals surface area contributed by atoms with E-state index in [-0.39, 0.29) is 0 Å². The Kier molecular flexibility index (Phi) is 5.70. The maximum absolute atomic E-state index is 3.75. The normalized spacial score (nSPS) is 40.7. The van der Waals surface area contributed by atoms with Gasteiger partial charge in [-0.15, -0.1) is 0 Å². The zero-order valence-corrected chi connectivity index (χ0v) is 13.5. The summed E-state index contributed by atoms with van der Waals surface area (Å²) in [5.74, 6) is 3.65. The van der Waals surface area contributed by atoms with Crippen molar-refractivity contribution in [2.45, 2.75) is 59.4 Å². The molecule has 2 nitrogen and oxygen atoms in total. The van der Waals surface area contributed by atoms with Crippen molar-refractivity contribution in [1.82, 2.24) is 10.2 Å². The Morgan fingerprint density at radius 1 is 1.05 bits per heavy atom. The third-order valence-electron chi connectivity index (χ3n) is 5.69. The first-order valence-electron chi connectivity index (χ1n) is 8.59. The van der Waals surface area contributed by atoms with Gasteiger partial charge < -0.3 is 10.2 Å². The molecule has 1 aliphatic heterocycles. The first kappa shape index (κ1) is 15.3. The van der Waals surface area contributed by atoms with Gasteiger partial charge in [-0.1, -0.05) is 34.1 Å². The van der Waals surface area contributed by atoms with Crippen molar-refractivity contribution in [3.05, 3.63) is 0 Å². The lowest BCUT2D eigenvalue weighted by molar-refractivity contribution is 0.149. The Labute approximate surface area is 120 Å². The molecule has 1 aliphatic carbocycles. The Hall–Kier alpha value is -0.0800.